The van der Waals surface area contributed by atoms with Gasteiger partial charge in [0.2, 0.25) is 21.8 Å². The second-order valence-electron chi connectivity index (χ2n) is 8.22. The molecule has 0 saturated heterocycles. The SMILES string of the molecule is CCCNC(=O)[C@@H](C)N(Cc1ccccc1Cl)C(=O)CCCN(c1ccc(OC)cc1)S(C)(=O)=O. The van der Waals surface area contributed by atoms with Gasteiger partial charge in [-0.25, -0.2) is 8.42 Å². The molecular formula is C25H34ClN3O5S. The Balaban J connectivity index is 2.16. The molecule has 2 aromatic rings. The van der Waals surface area contributed by atoms with Crippen LogP contribution in [-0.4, -0.2) is 57.6 Å². The Morgan fingerprint density at radius 3 is 2.34 bits per heavy atom. The fourth-order valence-electron chi connectivity index (χ4n) is 3.54. The smallest absolute Gasteiger partial charge is 0.242 e. The molecule has 0 spiro atoms. The minimum Gasteiger partial charge on any atom is -0.497 e. The third-order valence-corrected chi connectivity index (χ3v) is 7.09. The van der Waals surface area contributed by atoms with E-state index in [2.05, 4.69) is 5.32 Å². The number of halogens is 1. The summed E-state index contributed by atoms with van der Waals surface area (Å²) in [5, 5.41) is 3.34. The van der Waals surface area contributed by atoms with Crippen molar-refractivity contribution in [1.82, 2.24) is 10.2 Å². The van der Waals surface area contributed by atoms with E-state index in [1.807, 2.05) is 19.1 Å². The van der Waals surface area contributed by atoms with Gasteiger partial charge < -0.3 is 15.0 Å². The van der Waals surface area contributed by atoms with Gasteiger partial charge in [-0.3, -0.25) is 13.9 Å². The Kier molecular flexibility index (Phi) is 10.9. The summed E-state index contributed by atoms with van der Waals surface area (Å²) in [5.41, 5.74) is 1.22. The molecule has 2 rings (SSSR count). The van der Waals surface area contributed by atoms with Gasteiger partial charge in [0.25, 0.3) is 0 Å². The number of nitrogens with zero attached hydrogens (tertiary/aromatic N) is 2. The van der Waals surface area contributed by atoms with Crippen LogP contribution in [0.25, 0.3) is 0 Å². The van der Waals surface area contributed by atoms with E-state index in [0.29, 0.717) is 23.0 Å². The summed E-state index contributed by atoms with van der Waals surface area (Å²) in [5.74, 6) is 0.110. The van der Waals surface area contributed by atoms with E-state index in [1.165, 1.54) is 16.3 Å². The van der Waals surface area contributed by atoms with Crippen molar-refractivity contribution in [2.45, 2.75) is 45.7 Å². The van der Waals surface area contributed by atoms with Crippen LogP contribution in [0.3, 0.4) is 0 Å². The minimum absolute atomic E-state index is 0.0675. The van der Waals surface area contributed by atoms with Crippen molar-refractivity contribution < 1.29 is 22.7 Å². The molecule has 0 radical (unpaired) electrons. The summed E-state index contributed by atoms with van der Waals surface area (Å²) in [4.78, 5) is 27.4. The van der Waals surface area contributed by atoms with E-state index in [0.717, 1.165) is 18.2 Å². The Labute approximate surface area is 213 Å². The first-order valence-electron chi connectivity index (χ1n) is 11.5. The van der Waals surface area contributed by atoms with E-state index in [9.17, 15) is 18.0 Å². The second kappa shape index (κ2) is 13.3. The fourth-order valence-corrected chi connectivity index (χ4v) is 4.70. The van der Waals surface area contributed by atoms with Crippen LogP contribution in [0.2, 0.25) is 5.02 Å². The van der Waals surface area contributed by atoms with E-state index in [1.54, 1.807) is 43.3 Å². The number of carbonyl (C=O) groups is 2. The number of anilines is 1. The largest absolute Gasteiger partial charge is 0.497 e. The zero-order valence-corrected chi connectivity index (χ0v) is 22.2. The number of hydrogen-bond acceptors (Lipinski definition) is 5. The monoisotopic (exact) mass is 523 g/mol. The van der Waals surface area contributed by atoms with E-state index < -0.39 is 16.1 Å². The number of hydrogen-bond donors (Lipinski definition) is 1. The maximum atomic E-state index is 13.2. The van der Waals surface area contributed by atoms with Crippen molar-refractivity contribution in [3.8, 4) is 5.75 Å². The molecular weight excluding hydrogens is 490 g/mol. The topological polar surface area (TPSA) is 96.0 Å². The molecule has 10 heteroatoms. The van der Waals surface area contributed by atoms with Gasteiger partial charge in [0.1, 0.15) is 11.8 Å². The van der Waals surface area contributed by atoms with Crippen molar-refractivity contribution in [2.24, 2.45) is 0 Å². The Hall–Kier alpha value is -2.78. The first-order chi connectivity index (χ1) is 16.6. The number of amides is 2. The van der Waals surface area contributed by atoms with Gasteiger partial charge in [0.15, 0.2) is 0 Å². The predicted octanol–water partition coefficient (Wildman–Crippen LogP) is 3.84. The van der Waals surface area contributed by atoms with Crippen molar-refractivity contribution in [3.63, 3.8) is 0 Å². The molecule has 35 heavy (non-hydrogen) atoms. The molecule has 1 atom stereocenters. The first-order valence-corrected chi connectivity index (χ1v) is 13.7. The molecule has 0 aromatic heterocycles. The lowest BCUT2D eigenvalue weighted by atomic mass is 10.1. The molecule has 0 fully saturated rings. The molecule has 0 saturated carbocycles. The van der Waals surface area contributed by atoms with Gasteiger partial charge >= 0.3 is 0 Å². The van der Waals surface area contributed by atoms with Gasteiger partial charge in [-0.2, -0.15) is 0 Å². The van der Waals surface area contributed by atoms with Crippen LogP contribution in [0, 0.1) is 0 Å². The Morgan fingerprint density at radius 1 is 1.11 bits per heavy atom. The summed E-state index contributed by atoms with van der Waals surface area (Å²) in [6, 6.07) is 13.1. The Bertz CT molecular complexity index is 1090. The highest BCUT2D eigenvalue weighted by Gasteiger charge is 2.27. The average molecular weight is 524 g/mol. The molecule has 0 unspecified atom stereocenters. The summed E-state index contributed by atoms with van der Waals surface area (Å²) in [6.07, 6.45) is 2.25. The standard InChI is InChI=1S/C25H34ClN3O5S/c1-5-16-27-25(31)19(2)28(18-20-9-6-7-10-23(20)26)24(30)11-8-17-29(35(4,32)33)21-12-14-22(34-3)15-13-21/h6-7,9-10,12-15,19H,5,8,11,16-18H2,1-4H3,(H,27,31)/t19-/m1/s1. The maximum Gasteiger partial charge on any atom is 0.242 e. The fraction of sp³-hybridized carbons (Fsp3) is 0.440. The highest BCUT2D eigenvalue weighted by atomic mass is 35.5. The molecule has 0 aliphatic heterocycles. The molecule has 2 amide bonds. The molecule has 0 aliphatic rings. The lowest BCUT2D eigenvalue weighted by molar-refractivity contribution is -0.140. The lowest BCUT2D eigenvalue weighted by Gasteiger charge is -2.29. The quantitative estimate of drug-likeness (QED) is 0.430. The lowest BCUT2D eigenvalue weighted by Crippen LogP contribution is -2.47. The van der Waals surface area contributed by atoms with Crippen LogP contribution in [0.15, 0.2) is 48.5 Å². The number of nitrogens with one attached hydrogen (secondary N) is 1. The highest BCUT2D eigenvalue weighted by molar-refractivity contribution is 7.92. The number of ether oxygens (including phenoxy) is 1. The van der Waals surface area contributed by atoms with Crippen LogP contribution in [0.4, 0.5) is 5.69 Å². The van der Waals surface area contributed by atoms with Crippen molar-refractivity contribution in [3.05, 3.63) is 59.1 Å². The zero-order valence-electron chi connectivity index (χ0n) is 20.7. The zero-order chi connectivity index (χ0) is 26.0. The third-order valence-electron chi connectivity index (χ3n) is 5.53. The third kappa shape index (κ3) is 8.43. The van der Waals surface area contributed by atoms with E-state index >= 15 is 0 Å². The van der Waals surface area contributed by atoms with E-state index in [-0.39, 0.29) is 37.7 Å². The summed E-state index contributed by atoms with van der Waals surface area (Å²) < 4.78 is 31.2. The molecule has 0 aliphatic carbocycles. The average Bonchev–Trinajstić information content (AvgIpc) is 2.83. The predicted molar refractivity (Wildman–Crippen MR) is 139 cm³/mol. The van der Waals surface area contributed by atoms with Gasteiger partial charge in [-0.15, -0.1) is 0 Å². The number of carbonyl (C=O) groups excluding carboxylic acids is 2. The second-order valence-corrected chi connectivity index (χ2v) is 10.5. The van der Waals surface area contributed by atoms with Gasteiger partial charge in [0.05, 0.1) is 19.1 Å². The number of methoxy groups -OCH3 is 1. The van der Waals surface area contributed by atoms with Crippen LogP contribution in [0.1, 0.15) is 38.7 Å². The first kappa shape index (κ1) is 28.5. The summed E-state index contributed by atoms with van der Waals surface area (Å²) in [6.45, 7) is 4.44. The van der Waals surface area contributed by atoms with Gasteiger partial charge in [0, 0.05) is 31.1 Å². The van der Waals surface area contributed by atoms with E-state index in [4.69, 9.17) is 16.3 Å². The van der Waals surface area contributed by atoms with Crippen molar-refractivity contribution >= 4 is 39.1 Å². The summed E-state index contributed by atoms with van der Waals surface area (Å²) >= 11 is 6.31. The highest BCUT2D eigenvalue weighted by Crippen LogP contribution is 2.23. The summed E-state index contributed by atoms with van der Waals surface area (Å²) in [7, 11) is -2.03. The normalized spacial score (nSPS) is 12.0. The Morgan fingerprint density at radius 2 is 1.77 bits per heavy atom. The van der Waals surface area contributed by atoms with Crippen molar-refractivity contribution in [2.75, 3.05) is 30.8 Å². The number of rotatable bonds is 13. The van der Waals surface area contributed by atoms with Gasteiger partial charge in [-0.1, -0.05) is 36.7 Å². The molecule has 0 bridgehead atoms. The van der Waals surface area contributed by atoms with Crippen LogP contribution >= 0.6 is 11.6 Å². The molecule has 2 aromatic carbocycles. The van der Waals surface area contributed by atoms with Crippen LogP contribution in [-0.2, 0) is 26.2 Å². The number of sulfonamides is 1. The van der Waals surface area contributed by atoms with Crippen LogP contribution in [0.5, 0.6) is 5.75 Å². The van der Waals surface area contributed by atoms with Gasteiger partial charge in [-0.05, 0) is 55.7 Å². The number of benzene rings is 2. The minimum atomic E-state index is -3.56. The molecule has 0 heterocycles. The maximum absolute atomic E-state index is 13.2. The molecule has 8 nitrogen and oxygen atoms in total. The van der Waals surface area contributed by atoms with Crippen molar-refractivity contribution in [1.29, 1.82) is 0 Å². The molecule has 1 N–H and O–H groups in total. The molecule has 192 valence electrons. The van der Waals surface area contributed by atoms with Crippen LogP contribution < -0.4 is 14.4 Å².